The first kappa shape index (κ1) is 17.8. The SMILES string of the molecule is COc1cccc(/C=N\NC(=O)[C@@H](C)Sc2ccccn2)c1OC. The molecule has 0 radical (unpaired) electrons. The molecule has 24 heavy (non-hydrogen) atoms. The predicted molar refractivity (Wildman–Crippen MR) is 94.8 cm³/mol. The number of hydrogen-bond acceptors (Lipinski definition) is 6. The van der Waals surface area contributed by atoms with Crippen LogP contribution in [0, 0.1) is 0 Å². The van der Waals surface area contributed by atoms with Crippen LogP contribution in [-0.2, 0) is 4.79 Å². The minimum atomic E-state index is -0.316. The highest BCUT2D eigenvalue weighted by molar-refractivity contribution is 8.00. The van der Waals surface area contributed by atoms with Gasteiger partial charge < -0.3 is 9.47 Å². The second kappa shape index (κ2) is 8.93. The van der Waals surface area contributed by atoms with Gasteiger partial charge in [0.05, 0.1) is 30.7 Å². The minimum Gasteiger partial charge on any atom is -0.493 e. The number of nitrogens with one attached hydrogen (secondary N) is 1. The average Bonchev–Trinajstić information content (AvgIpc) is 2.62. The lowest BCUT2D eigenvalue weighted by Gasteiger charge is -2.10. The van der Waals surface area contributed by atoms with Gasteiger partial charge in [0.25, 0.3) is 5.91 Å². The zero-order chi connectivity index (χ0) is 17.4. The maximum atomic E-state index is 12.1. The number of carbonyl (C=O) groups excluding carboxylic acids is 1. The molecule has 0 aliphatic heterocycles. The molecule has 1 amide bonds. The summed E-state index contributed by atoms with van der Waals surface area (Å²) in [7, 11) is 3.12. The molecule has 0 fully saturated rings. The van der Waals surface area contributed by atoms with E-state index in [1.54, 1.807) is 33.4 Å². The first-order valence-electron chi connectivity index (χ1n) is 7.27. The number of carbonyl (C=O) groups is 1. The summed E-state index contributed by atoms with van der Waals surface area (Å²) in [5.74, 6) is 0.963. The van der Waals surface area contributed by atoms with Crippen molar-refractivity contribution in [3.63, 3.8) is 0 Å². The van der Waals surface area contributed by atoms with Crippen molar-refractivity contribution in [3.8, 4) is 11.5 Å². The first-order chi connectivity index (χ1) is 11.7. The van der Waals surface area contributed by atoms with Crippen LogP contribution in [-0.4, -0.2) is 36.6 Å². The molecule has 1 N–H and O–H groups in total. The summed E-state index contributed by atoms with van der Waals surface area (Å²) in [6.07, 6.45) is 3.22. The Morgan fingerprint density at radius 2 is 2.08 bits per heavy atom. The molecule has 2 aromatic rings. The highest BCUT2D eigenvalue weighted by Gasteiger charge is 2.14. The number of aromatic nitrogens is 1. The molecule has 126 valence electrons. The van der Waals surface area contributed by atoms with Gasteiger partial charge in [0, 0.05) is 11.8 Å². The van der Waals surface area contributed by atoms with Gasteiger partial charge in [0.2, 0.25) is 0 Å². The van der Waals surface area contributed by atoms with Gasteiger partial charge in [-0.15, -0.1) is 0 Å². The Balaban J connectivity index is 1.97. The van der Waals surface area contributed by atoms with Crippen molar-refractivity contribution in [2.45, 2.75) is 17.2 Å². The summed E-state index contributed by atoms with van der Waals surface area (Å²) in [4.78, 5) is 16.3. The number of rotatable bonds is 7. The van der Waals surface area contributed by atoms with E-state index >= 15 is 0 Å². The summed E-state index contributed by atoms with van der Waals surface area (Å²) < 4.78 is 10.5. The van der Waals surface area contributed by atoms with Gasteiger partial charge in [0.1, 0.15) is 0 Å². The van der Waals surface area contributed by atoms with Gasteiger partial charge in [0.15, 0.2) is 11.5 Å². The Morgan fingerprint density at radius 3 is 2.75 bits per heavy atom. The Hall–Kier alpha value is -2.54. The third kappa shape index (κ3) is 4.73. The molecule has 1 aromatic heterocycles. The number of hydrogen-bond donors (Lipinski definition) is 1. The molecule has 0 saturated carbocycles. The maximum Gasteiger partial charge on any atom is 0.253 e. The van der Waals surface area contributed by atoms with Crippen LogP contribution in [0.2, 0.25) is 0 Å². The topological polar surface area (TPSA) is 72.8 Å². The van der Waals surface area contributed by atoms with Gasteiger partial charge in [-0.05, 0) is 31.2 Å². The van der Waals surface area contributed by atoms with Crippen LogP contribution in [0.1, 0.15) is 12.5 Å². The Morgan fingerprint density at radius 1 is 1.25 bits per heavy atom. The summed E-state index contributed by atoms with van der Waals surface area (Å²) >= 11 is 1.37. The van der Waals surface area contributed by atoms with Crippen LogP contribution in [0.15, 0.2) is 52.7 Å². The number of para-hydroxylation sites is 1. The number of pyridine rings is 1. The molecule has 2 rings (SSSR count). The number of ether oxygens (including phenoxy) is 2. The number of methoxy groups -OCH3 is 2. The second-order valence-electron chi connectivity index (χ2n) is 4.75. The quantitative estimate of drug-likeness (QED) is 0.474. The van der Waals surface area contributed by atoms with E-state index in [-0.39, 0.29) is 11.2 Å². The lowest BCUT2D eigenvalue weighted by molar-refractivity contribution is -0.120. The van der Waals surface area contributed by atoms with Crippen molar-refractivity contribution in [2.75, 3.05) is 14.2 Å². The van der Waals surface area contributed by atoms with Crippen LogP contribution >= 0.6 is 11.8 Å². The smallest absolute Gasteiger partial charge is 0.253 e. The number of nitrogens with zero attached hydrogens (tertiary/aromatic N) is 2. The molecule has 1 atom stereocenters. The van der Waals surface area contributed by atoms with Gasteiger partial charge in [-0.25, -0.2) is 10.4 Å². The zero-order valence-electron chi connectivity index (χ0n) is 13.7. The van der Waals surface area contributed by atoms with E-state index in [4.69, 9.17) is 9.47 Å². The first-order valence-corrected chi connectivity index (χ1v) is 8.15. The number of amides is 1. The summed E-state index contributed by atoms with van der Waals surface area (Å²) in [6.45, 7) is 1.80. The molecule has 0 unspecified atom stereocenters. The third-order valence-electron chi connectivity index (χ3n) is 3.12. The summed E-state index contributed by atoms with van der Waals surface area (Å²) in [6, 6.07) is 11.0. The van der Waals surface area contributed by atoms with Crippen molar-refractivity contribution in [1.82, 2.24) is 10.4 Å². The van der Waals surface area contributed by atoms with E-state index in [0.717, 1.165) is 5.03 Å². The van der Waals surface area contributed by atoms with E-state index in [1.807, 2.05) is 30.3 Å². The van der Waals surface area contributed by atoms with Crippen molar-refractivity contribution < 1.29 is 14.3 Å². The van der Waals surface area contributed by atoms with Crippen LogP contribution in [0.4, 0.5) is 0 Å². The molecule has 1 aromatic carbocycles. The van der Waals surface area contributed by atoms with Crippen LogP contribution in [0.25, 0.3) is 0 Å². The minimum absolute atomic E-state index is 0.205. The summed E-state index contributed by atoms with van der Waals surface area (Å²) in [5, 5.41) is 4.47. The molecule has 0 aliphatic carbocycles. The fraction of sp³-hybridized carbons (Fsp3) is 0.235. The van der Waals surface area contributed by atoms with E-state index in [2.05, 4.69) is 15.5 Å². The Kier molecular flexibility index (Phi) is 6.62. The third-order valence-corrected chi connectivity index (χ3v) is 4.17. The van der Waals surface area contributed by atoms with Crippen molar-refractivity contribution >= 4 is 23.9 Å². The fourth-order valence-corrected chi connectivity index (χ4v) is 2.72. The van der Waals surface area contributed by atoms with Crippen molar-refractivity contribution in [1.29, 1.82) is 0 Å². The average molecular weight is 345 g/mol. The largest absolute Gasteiger partial charge is 0.493 e. The molecule has 0 spiro atoms. The van der Waals surface area contributed by atoms with E-state index in [9.17, 15) is 4.79 Å². The van der Waals surface area contributed by atoms with Crippen LogP contribution < -0.4 is 14.9 Å². The molecule has 0 bridgehead atoms. The Bertz CT molecular complexity index is 707. The molecular weight excluding hydrogens is 326 g/mol. The lowest BCUT2D eigenvalue weighted by atomic mass is 10.2. The Labute approximate surface area is 145 Å². The summed E-state index contributed by atoms with van der Waals surface area (Å²) in [5.41, 5.74) is 3.24. The highest BCUT2D eigenvalue weighted by atomic mass is 32.2. The molecule has 0 saturated heterocycles. The second-order valence-corrected chi connectivity index (χ2v) is 6.11. The number of hydrazone groups is 1. The molecular formula is C17H19N3O3S. The van der Waals surface area contributed by atoms with Gasteiger partial charge in [-0.1, -0.05) is 23.9 Å². The maximum absolute atomic E-state index is 12.1. The molecule has 0 aliphatic rings. The van der Waals surface area contributed by atoms with Gasteiger partial charge in [-0.2, -0.15) is 5.10 Å². The van der Waals surface area contributed by atoms with E-state index in [0.29, 0.717) is 17.1 Å². The van der Waals surface area contributed by atoms with E-state index in [1.165, 1.54) is 18.0 Å². The van der Waals surface area contributed by atoms with Gasteiger partial charge >= 0.3 is 0 Å². The number of thioether (sulfide) groups is 1. The van der Waals surface area contributed by atoms with Crippen molar-refractivity contribution in [3.05, 3.63) is 48.2 Å². The van der Waals surface area contributed by atoms with Gasteiger partial charge in [-0.3, -0.25) is 4.79 Å². The molecule has 6 nitrogen and oxygen atoms in total. The van der Waals surface area contributed by atoms with Crippen molar-refractivity contribution in [2.24, 2.45) is 5.10 Å². The molecule has 7 heteroatoms. The fourth-order valence-electron chi connectivity index (χ4n) is 1.92. The molecule has 1 heterocycles. The zero-order valence-corrected chi connectivity index (χ0v) is 14.5. The van der Waals surface area contributed by atoms with Crippen LogP contribution in [0.5, 0.6) is 11.5 Å². The normalized spacial score (nSPS) is 12.0. The monoisotopic (exact) mass is 345 g/mol. The highest BCUT2D eigenvalue weighted by Crippen LogP contribution is 2.29. The van der Waals surface area contributed by atoms with Crippen LogP contribution in [0.3, 0.4) is 0 Å². The standard InChI is InChI=1S/C17H19N3O3S/c1-12(24-15-9-4-5-10-18-15)17(21)20-19-11-13-7-6-8-14(22-2)16(13)23-3/h4-12H,1-3H3,(H,20,21)/b19-11-/t12-/m1/s1. The lowest BCUT2D eigenvalue weighted by Crippen LogP contribution is -2.26. The van der Waals surface area contributed by atoms with E-state index < -0.39 is 0 Å². The predicted octanol–water partition coefficient (Wildman–Crippen LogP) is 2.73. The number of benzene rings is 1.